The number of hydrogen-bond donors (Lipinski definition) is 1. The molecule has 4 rings (SSSR count). The fourth-order valence-corrected chi connectivity index (χ4v) is 4.24. The Labute approximate surface area is 170 Å². The van der Waals surface area contributed by atoms with E-state index >= 15 is 0 Å². The van der Waals surface area contributed by atoms with E-state index in [1.807, 2.05) is 12.1 Å². The lowest BCUT2D eigenvalue weighted by Gasteiger charge is -2.15. The van der Waals surface area contributed by atoms with Crippen LogP contribution in [0.3, 0.4) is 0 Å². The summed E-state index contributed by atoms with van der Waals surface area (Å²) in [6.45, 7) is 5.38. The van der Waals surface area contributed by atoms with Gasteiger partial charge in [-0.05, 0) is 55.0 Å². The molecule has 1 aliphatic heterocycles. The maximum atomic E-state index is 6.53. The number of anilines is 1. The molecule has 0 spiro atoms. The van der Waals surface area contributed by atoms with Gasteiger partial charge in [-0.2, -0.15) is 5.10 Å². The van der Waals surface area contributed by atoms with Crippen LogP contribution in [0.2, 0.25) is 10.0 Å². The molecule has 0 amide bonds. The highest BCUT2D eigenvalue weighted by molar-refractivity contribution is 6.36. The number of fused-ring (bicyclic) bond motifs is 1. The van der Waals surface area contributed by atoms with Crippen LogP contribution in [0.15, 0.2) is 42.5 Å². The Morgan fingerprint density at radius 1 is 1.07 bits per heavy atom. The molecule has 2 heterocycles. The molecule has 0 atom stereocenters. The van der Waals surface area contributed by atoms with E-state index in [0.717, 1.165) is 48.6 Å². The average molecular weight is 400 g/mol. The van der Waals surface area contributed by atoms with Crippen molar-refractivity contribution in [3.8, 4) is 16.9 Å². The topological polar surface area (TPSA) is 29.9 Å². The van der Waals surface area contributed by atoms with E-state index in [2.05, 4.69) is 48.1 Å². The molecule has 1 aromatic heterocycles. The van der Waals surface area contributed by atoms with Crippen LogP contribution in [0.5, 0.6) is 0 Å². The molecule has 0 radical (unpaired) electrons. The van der Waals surface area contributed by atoms with E-state index in [-0.39, 0.29) is 0 Å². The fraction of sp³-hybridized carbons (Fsp3) is 0.318. The number of halogens is 2. The van der Waals surface area contributed by atoms with Gasteiger partial charge in [0.2, 0.25) is 0 Å². The minimum absolute atomic E-state index is 0.411. The van der Waals surface area contributed by atoms with E-state index in [1.54, 1.807) is 6.07 Å². The zero-order chi connectivity index (χ0) is 19.0. The maximum absolute atomic E-state index is 6.53. The van der Waals surface area contributed by atoms with E-state index in [1.165, 1.54) is 11.1 Å². The highest BCUT2D eigenvalue weighted by Crippen LogP contribution is 2.38. The normalized spacial score (nSPS) is 14.0. The number of aromatic nitrogens is 2. The van der Waals surface area contributed by atoms with Gasteiger partial charge in [0.25, 0.3) is 0 Å². The minimum Gasteiger partial charge on any atom is -0.370 e. The average Bonchev–Trinajstić information content (AvgIpc) is 2.83. The maximum Gasteiger partial charge on any atom is 0.133 e. The highest BCUT2D eigenvalue weighted by Gasteiger charge is 2.24. The first-order chi connectivity index (χ1) is 13.1. The van der Waals surface area contributed by atoms with Gasteiger partial charge in [0.15, 0.2) is 0 Å². The second-order valence-corrected chi connectivity index (χ2v) is 8.15. The number of para-hydroxylation sites is 1. The molecule has 27 heavy (non-hydrogen) atoms. The molecule has 5 heteroatoms. The smallest absolute Gasteiger partial charge is 0.133 e. The Bertz CT molecular complexity index is 976. The molecule has 2 aromatic carbocycles. The summed E-state index contributed by atoms with van der Waals surface area (Å²) in [6.07, 6.45) is 3.27. The highest BCUT2D eigenvalue weighted by atomic mass is 35.5. The van der Waals surface area contributed by atoms with Crippen LogP contribution in [0.4, 0.5) is 5.82 Å². The first-order valence-corrected chi connectivity index (χ1v) is 10.2. The number of rotatable bonds is 3. The molecule has 0 fully saturated rings. The summed E-state index contributed by atoms with van der Waals surface area (Å²) in [5.74, 6) is 1.50. The van der Waals surface area contributed by atoms with Gasteiger partial charge < -0.3 is 5.32 Å². The van der Waals surface area contributed by atoms with Crippen molar-refractivity contribution in [3.63, 3.8) is 0 Å². The zero-order valence-corrected chi connectivity index (χ0v) is 17.1. The first-order valence-electron chi connectivity index (χ1n) is 9.46. The van der Waals surface area contributed by atoms with E-state index in [0.29, 0.717) is 16.0 Å². The van der Waals surface area contributed by atoms with Gasteiger partial charge in [0.05, 0.1) is 16.4 Å². The van der Waals surface area contributed by atoms with Crippen molar-refractivity contribution in [2.24, 2.45) is 0 Å². The summed E-state index contributed by atoms with van der Waals surface area (Å²) in [4.78, 5) is 0. The van der Waals surface area contributed by atoms with Gasteiger partial charge in [-0.25, -0.2) is 4.68 Å². The number of nitrogens with zero attached hydrogens (tertiary/aromatic N) is 2. The summed E-state index contributed by atoms with van der Waals surface area (Å²) in [5, 5.41) is 9.92. The van der Waals surface area contributed by atoms with Crippen LogP contribution in [-0.2, 0) is 6.42 Å². The third-order valence-corrected chi connectivity index (χ3v) is 5.65. The van der Waals surface area contributed by atoms with Crippen molar-refractivity contribution < 1.29 is 0 Å². The third-order valence-electron chi connectivity index (χ3n) is 5.10. The lowest BCUT2D eigenvalue weighted by Crippen LogP contribution is -2.09. The van der Waals surface area contributed by atoms with Crippen LogP contribution >= 0.6 is 23.2 Å². The molecule has 1 aliphatic rings. The Hall–Kier alpha value is -1.97. The summed E-state index contributed by atoms with van der Waals surface area (Å²) in [6, 6.07) is 14.1. The lowest BCUT2D eigenvalue weighted by atomic mass is 10.0. The lowest BCUT2D eigenvalue weighted by molar-refractivity contribution is 0.776. The van der Waals surface area contributed by atoms with Gasteiger partial charge in [0, 0.05) is 22.7 Å². The number of nitrogens with one attached hydrogen (secondary N) is 1. The molecule has 0 bridgehead atoms. The van der Waals surface area contributed by atoms with Gasteiger partial charge in [0.1, 0.15) is 5.82 Å². The minimum atomic E-state index is 0.411. The molecule has 0 saturated heterocycles. The molecule has 140 valence electrons. The molecule has 1 N–H and O–H groups in total. The van der Waals surface area contributed by atoms with E-state index in [9.17, 15) is 0 Å². The van der Waals surface area contributed by atoms with Gasteiger partial charge in [-0.3, -0.25) is 0 Å². The van der Waals surface area contributed by atoms with Crippen molar-refractivity contribution >= 4 is 29.0 Å². The van der Waals surface area contributed by atoms with Gasteiger partial charge >= 0.3 is 0 Å². The molecule has 0 saturated carbocycles. The van der Waals surface area contributed by atoms with Crippen molar-refractivity contribution in [1.29, 1.82) is 0 Å². The van der Waals surface area contributed by atoms with Crippen molar-refractivity contribution in [1.82, 2.24) is 9.78 Å². The van der Waals surface area contributed by atoms with Crippen LogP contribution in [0.25, 0.3) is 16.9 Å². The zero-order valence-electron chi connectivity index (χ0n) is 15.6. The number of benzene rings is 2. The predicted octanol–water partition coefficient (Wildman–Crippen LogP) is 6.72. The van der Waals surface area contributed by atoms with E-state index < -0.39 is 0 Å². The summed E-state index contributed by atoms with van der Waals surface area (Å²) in [5.41, 5.74) is 5.51. The van der Waals surface area contributed by atoms with E-state index in [4.69, 9.17) is 28.3 Å². The van der Waals surface area contributed by atoms with Crippen molar-refractivity contribution in [2.45, 2.75) is 39.0 Å². The largest absolute Gasteiger partial charge is 0.370 e. The molecule has 3 nitrogen and oxygen atoms in total. The second kappa shape index (κ2) is 7.57. The summed E-state index contributed by atoms with van der Waals surface area (Å²) in [7, 11) is 0. The number of hydrogen-bond acceptors (Lipinski definition) is 2. The Morgan fingerprint density at radius 3 is 2.67 bits per heavy atom. The Balaban J connectivity index is 1.96. The van der Waals surface area contributed by atoms with Crippen LogP contribution in [0, 0.1) is 0 Å². The van der Waals surface area contributed by atoms with Crippen LogP contribution in [0.1, 0.15) is 43.7 Å². The molecular formula is C22H23Cl2N3. The summed E-state index contributed by atoms with van der Waals surface area (Å²) >= 11 is 12.6. The second-order valence-electron chi connectivity index (χ2n) is 7.31. The fourth-order valence-electron chi connectivity index (χ4n) is 3.74. The van der Waals surface area contributed by atoms with Crippen molar-refractivity contribution in [3.05, 3.63) is 63.6 Å². The van der Waals surface area contributed by atoms with Gasteiger partial charge in [-0.15, -0.1) is 0 Å². The Kier molecular flexibility index (Phi) is 5.16. The van der Waals surface area contributed by atoms with Gasteiger partial charge in [-0.1, -0.05) is 55.2 Å². The molecule has 0 aliphatic carbocycles. The third kappa shape index (κ3) is 3.46. The van der Waals surface area contributed by atoms with Crippen molar-refractivity contribution in [2.75, 3.05) is 11.9 Å². The Morgan fingerprint density at radius 2 is 1.89 bits per heavy atom. The molecular weight excluding hydrogens is 377 g/mol. The molecule has 0 unspecified atom stereocenters. The summed E-state index contributed by atoms with van der Waals surface area (Å²) < 4.78 is 2.07. The quantitative estimate of drug-likeness (QED) is 0.529. The monoisotopic (exact) mass is 399 g/mol. The standard InChI is InChI=1S/C22H23Cl2N3/c1-14(2)16-7-3-4-9-20(16)27-22-18(8-5-6-12-25-22)21(26-27)17-11-10-15(23)13-19(17)24/h3-4,7,9-11,13-14,25H,5-6,8,12H2,1-2H3. The van der Waals surface area contributed by atoms with Crippen LogP contribution in [-0.4, -0.2) is 16.3 Å². The SMILES string of the molecule is CC(C)c1ccccc1-n1nc(-c2ccc(Cl)cc2Cl)c2c1NCCCC2. The molecule has 3 aromatic rings. The predicted molar refractivity (Wildman–Crippen MR) is 115 cm³/mol. The first kappa shape index (κ1) is 18.4. The van der Waals surface area contributed by atoms with Crippen LogP contribution < -0.4 is 5.32 Å².